The minimum atomic E-state index is -0.492. The van der Waals surface area contributed by atoms with Crippen molar-refractivity contribution in [2.45, 2.75) is 12.8 Å². The van der Waals surface area contributed by atoms with E-state index in [2.05, 4.69) is 4.90 Å². The number of morpholine rings is 1. The second-order valence-corrected chi connectivity index (χ2v) is 10.3. The predicted octanol–water partition coefficient (Wildman–Crippen LogP) is 5.24. The number of thiophene rings is 1. The van der Waals surface area contributed by atoms with Crippen molar-refractivity contribution in [3.8, 4) is 0 Å². The first kappa shape index (κ1) is 26.4. The van der Waals surface area contributed by atoms with E-state index in [-0.39, 0.29) is 24.4 Å². The highest BCUT2D eigenvalue weighted by molar-refractivity contribution is 7.13. The Balaban J connectivity index is 1.17. The van der Waals surface area contributed by atoms with Crippen molar-refractivity contribution in [2.75, 3.05) is 31.2 Å². The lowest BCUT2D eigenvalue weighted by molar-refractivity contribution is -0.114. The summed E-state index contributed by atoms with van der Waals surface area (Å²) >= 11 is 1.24. The summed E-state index contributed by atoms with van der Waals surface area (Å²) in [5.41, 5.74) is 4.25. The second kappa shape index (κ2) is 12.1. The Morgan fingerprint density at radius 3 is 1.82 bits per heavy atom. The van der Waals surface area contributed by atoms with Gasteiger partial charge >= 0.3 is 0 Å². The summed E-state index contributed by atoms with van der Waals surface area (Å²) in [6.07, 6.45) is 0.238. The summed E-state index contributed by atoms with van der Waals surface area (Å²) in [6, 6.07) is 24.8. The first-order valence-corrected chi connectivity index (χ1v) is 13.7. The topological polar surface area (TPSA) is 80.8 Å². The van der Waals surface area contributed by atoms with Gasteiger partial charge in [-0.15, -0.1) is 11.3 Å². The van der Waals surface area contributed by atoms with Crippen LogP contribution in [0.2, 0.25) is 0 Å². The van der Waals surface area contributed by atoms with E-state index in [1.165, 1.54) is 11.3 Å². The molecule has 196 valence electrons. The molecule has 5 rings (SSSR count). The summed E-state index contributed by atoms with van der Waals surface area (Å²) in [7, 11) is 0. The van der Waals surface area contributed by atoms with Crippen LogP contribution in [0.5, 0.6) is 0 Å². The van der Waals surface area contributed by atoms with Crippen LogP contribution in [0.1, 0.15) is 47.1 Å². The summed E-state index contributed by atoms with van der Waals surface area (Å²) in [4.78, 5) is 52.9. The van der Waals surface area contributed by atoms with Gasteiger partial charge in [0.2, 0.25) is 11.6 Å². The Kier molecular flexibility index (Phi) is 8.20. The molecule has 0 saturated carbocycles. The van der Waals surface area contributed by atoms with E-state index in [4.69, 9.17) is 4.74 Å². The molecule has 0 atom stereocenters. The van der Waals surface area contributed by atoms with Gasteiger partial charge in [0.1, 0.15) is 0 Å². The van der Waals surface area contributed by atoms with Crippen LogP contribution in [0.4, 0.5) is 5.69 Å². The molecule has 0 unspecified atom stereocenters. The van der Waals surface area contributed by atoms with Crippen molar-refractivity contribution in [1.82, 2.24) is 0 Å². The molecule has 0 spiro atoms. The maximum absolute atomic E-state index is 13.0. The number of hydrogen-bond acceptors (Lipinski definition) is 7. The molecule has 3 aromatic carbocycles. The van der Waals surface area contributed by atoms with Crippen molar-refractivity contribution < 1.29 is 23.9 Å². The molecule has 4 aromatic rings. The summed E-state index contributed by atoms with van der Waals surface area (Å²) in [5, 5.41) is 1.76. The van der Waals surface area contributed by atoms with Crippen LogP contribution in [-0.2, 0) is 22.4 Å². The van der Waals surface area contributed by atoms with E-state index < -0.39 is 11.6 Å². The molecule has 0 N–H and O–H groups in total. The lowest BCUT2D eigenvalue weighted by atomic mass is 9.97. The third-order valence-electron chi connectivity index (χ3n) is 6.73. The van der Waals surface area contributed by atoms with E-state index in [1.54, 1.807) is 66.0 Å². The van der Waals surface area contributed by atoms with Crippen molar-refractivity contribution in [1.29, 1.82) is 0 Å². The quantitative estimate of drug-likeness (QED) is 0.203. The summed E-state index contributed by atoms with van der Waals surface area (Å²) < 4.78 is 5.39. The van der Waals surface area contributed by atoms with Crippen LogP contribution in [0.15, 0.2) is 90.3 Å². The number of ether oxygens (including phenoxy) is 1. The van der Waals surface area contributed by atoms with Gasteiger partial charge in [-0.2, -0.15) is 0 Å². The molecule has 39 heavy (non-hydrogen) atoms. The van der Waals surface area contributed by atoms with Crippen molar-refractivity contribution in [3.05, 3.63) is 123 Å². The molecule has 1 aliphatic rings. The van der Waals surface area contributed by atoms with Crippen LogP contribution < -0.4 is 4.90 Å². The van der Waals surface area contributed by atoms with Gasteiger partial charge in [0, 0.05) is 48.3 Å². The molecule has 1 saturated heterocycles. The highest BCUT2D eigenvalue weighted by atomic mass is 32.1. The number of hydrogen-bond donors (Lipinski definition) is 0. The average Bonchev–Trinajstić information content (AvgIpc) is 3.53. The number of benzene rings is 3. The van der Waals surface area contributed by atoms with Gasteiger partial charge in [-0.3, -0.25) is 19.2 Å². The zero-order valence-electron chi connectivity index (χ0n) is 21.3. The molecule has 1 aliphatic heterocycles. The fourth-order valence-corrected chi connectivity index (χ4v) is 5.17. The van der Waals surface area contributed by atoms with Gasteiger partial charge in [-0.25, -0.2) is 0 Å². The van der Waals surface area contributed by atoms with Crippen LogP contribution in [0.3, 0.4) is 0 Å². The molecule has 1 aromatic heterocycles. The normalized spacial score (nSPS) is 13.2. The molecule has 1 fully saturated rings. The lowest BCUT2D eigenvalue weighted by Crippen LogP contribution is -2.36. The van der Waals surface area contributed by atoms with Crippen LogP contribution in [0.25, 0.3) is 0 Å². The number of anilines is 1. The Morgan fingerprint density at radius 1 is 0.692 bits per heavy atom. The third-order valence-corrected chi connectivity index (χ3v) is 7.59. The first-order chi connectivity index (χ1) is 19.0. The Morgan fingerprint density at radius 2 is 1.26 bits per heavy atom. The number of carbonyl (C=O) groups is 4. The standard InChI is InChI=1S/C32H27NO5S/c34-28(24-11-13-27(14-12-24)33-15-17-38-18-16-33)20-22-3-7-25(8-4-22)31(36)26-9-5-23(6-10-26)21-29(35)32(37)30-2-1-19-39-30/h1-14,19H,15-18,20-21H2. The maximum Gasteiger partial charge on any atom is 0.238 e. The van der Waals surface area contributed by atoms with Gasteiger partial charge in [0.05, 0.1) is 18.1 Å². The maximum atomic E-state index is 13.0. The molecular formula is C32H27NO5S. The molecule has 6 nitrogen and oxygen atoms in total. The Bertz CT molecular complexity index is 1470. The fraction of sp³-hybridized carbons (Fsp3) is 0.188. The molecule has 0 amide bonds. The van der Waals surface area contributed by atoms with Crippen LogP contribution >= 0.6 is 11.3 Å². The number of nitrogens with zero attached hydrogens (tertiary/aromatic N) is 1. The Hall–Kier alpha value is -4.20. The van der Waals surface area contributed by atoms with Crippen LogP contribution in [-0.4, -0.2) is 49.4 Å². The third kappa shape index (κ3) is 6.45. The minimum absolute atomic E-state index is 0.0100. The minimum Gasteiger partial charge on any atom is -0.378 e. The van der Waals surface area contributed by atoms with Gasteiger partial charge in [-0.1, -0.05) is 54.6 Å². The highest BCUT2D eigenvalue weighted by Crippen LogP contribution is 2.19. The molecule has 0 radical (unpaired) electrons. The summed E-state index contributed by atoms with van der Waals surface area (Å²) in [5.74, 6) is -1.10. The molecular weight excluding hydrogens is 510 g/mol. The van der Waals surface area contributed by atoms with E-state index in [0.717, 1.165) is 24.3 Å². The van der Waals surface area contributed by atoms with Crippen molar-refractivity contribution >= 4 is 40.2 Å². The van der Waals surface area contributed by atoms with E-state index in [0.29, 0.717) is 40.3 Å². The van der Waals surface area contributed by atoms with Gasteiger partial charge in [0.15, 0.2) is 11.6 Å². The molecule has 0 aliphatic carbocycles. The van der Waals surface area contributed by atoms with E-state index in [9.17, 15) is 19.2 Å². The molecule has 2 heterocycles. The summed E-state index contributed by atoms with van der Waals surface area (Å²) in [6.45, 7) is 3.12. The number of Topliss-reactive ketones (excluding diaryl/α,β-unsaturated/α-hetero) is 3. The Labute approximate surface area is 230 Å². The van der Waals surface area contributed by atoms with E-state index in [1.807, 2.05) is 24.3 Å². The molecule has 0 bridgehead atoms. The number of carbonyl (C=O) groups excluding carboxylic acids is 4. The second-order valence-electron chi connectivity index (χ2n) is 9.38. The lowest BCUT2D eigenvalue weighted by Gasteiger charge is -2.28. The van der Waals surface area contributed by atoms with E-state index >= 15 is 0 Å². The first-order valence-electron chi connectivity index (χ1n) is 12.8. The zero-order chi connectivity index (χ0) is 27.2. The smallest absolute Gasteiger partial charge is 0.238 e. The van der Waals surface area contributed by atoms with Gasteiger partial charge < -0.3 is 9.64 Å². The van der Waals surface area contributed by atoms with Gasteiger partial charge in [-0.05, 0) is 46.8 Å². The monoisotopic (exact) mass is 537 g/mol. The van der Waals surface area contributed by atoms with Crippen molar-refractivity contribution in [3.63, 3.8) is 0 Å². The fourth-order valence-electron chi connectivity index (χ4n) is 4.49. The van der Waals surface area contributed by atoms with Crippen molar-refractivity contribution in [2.24, 2.45) is 0 Å². The zero-order valence-corrected chi connectivity index (χ0v) is 22.1. The number of ketones is 4. The highest BCUT2D eigenvalue weighted by Gasteiger charge is 2.18. The average molecular weight is 538 g/mol. The largest absolute Gasteiger partial charge is 0.378 e. The SMILES string of the molecule is O=C(Cc1ccc(C(=O)c2ccc(CC(=O)c3ccc(N4CCOCC4)cc3)cc2)cc1)C(=O)c1cccs1. The van der Waals surface area contributed by atoms with Gasteiger partial charge in [0.25, 0.3) is 0 Å². The molecule has 7 heteroatoms. The van der Waals surface area contributed by atoms with Crippen LogP contribution in [0, 0.1) is 0 Å². The predicted molar refractivity (Wildman–Crippen MR) is 151 cm³/mol. The number of rotatable bonds is 10.